The Morgan fingerprint density at radius 2 is 1.86 bits per heavy atom. The van der Waals surface area contributed by atoms with Crippen LogP contribution >= 0.6 is 0 Å². The molecular weight excluding hydrogens is 278 g/mol. The van der Waals surface area contributed by atoms with Gasteiger partial charge in [0, 0.05) is 19.7 Å². The Morgan fingerprint density at radius 3 is 2.68 bits per heavy atom. The number of benzene rings is 1. The second-order valence-electron chi connectivity index (χ2n) is 6.08. The van der Waals surface area contributed by atoms with Crippen LogP contribution in [0.25, 0.3) is 0 Å². The molecule has 1 aromatic heterocycles. The zero-order valence-corrected chi connectivity index (χ0v) is 12.6. The van der Waals surface area contributed by atoms with E-state index in [1.54, 1.807) is 0 Å². The third-order valence-electron chi connectivity index (χ3n) is 4.59. The van der Waals surface area contributed by atoms with Crippen molar-refractivity contribution < 1.29 is 9.26 Å². The highest BCUT2D eigenvalue weighted by Gasteiger charge is 2.33. The minimum atomic E-state index is 0.0156. The molecule has 2 aromatic rings. The SMILES string of the molecule is c1ccc([C@@H]2OCCC[C@H]2c2nc(N3CCCC3)no2)cc1. The van der Waals surface area contributed by atoms with E-state index in [0.717, 1.165) is 44.4 Å². The molecule has 0 spiro atoms. The minimum absolute atomic E-state index is 0.0156. The van der Waals surface area contributed by atoms with Crippen molar-refractivity contribution in [2.45, 2.75) is 37.7 Å². The van der Waals surface area contributed by atoms with Gasteiger partial charge in [-0.05, 0) is 36.4 Å². The highest BCUT2D eigenvalue weighted by molar-refractivity contribution is 5.30. The molecule has 0 N–H and O–H groups in total. The number of aromatic nitrogens is 2. The Hall–Kier alpha value is -1.88. The number of rotatable bonds is 3. The first-order chi connectivity index (χ1) is 10.9. The van der Waals surface area contributed by atoms with Crippen LogP contribution in [0.2, 0.25) is 0 Å². The largest absolute Gasteiger partial charge is 0.373 e. The van der Waals surface area contributed by atoms with Gasteiger partial charge in [-0.2, -0.15) is 4.98 Å². The lowest BCUT2D eigenvalue weighted by atomic mass is 9.89. The molecule has 1 aromatic carbocycles. The number of nitrogens with zero attached hydrogens (tertiary/aromatic N) is 3. The van der Waals surface area contributed by atoms with Gasteiger partial charge >= 0.3 is 0 Å². The lowest BCUT2D eigenvalue weighted by molar-refractivity contribution is -0.0103. The van der Waals surface area contributed by atoms with E-state index in [0.29, 0.717) is 0 Å². The summed E-state index contributed by atoms with van der Waals surface area (Å²) in [6.07, 6.45) is 4.50. The third kappa shape index (κ3) is 2.61. The van der Waals surface area contributed by atoms with Crippen LogP contribution in [0, 0.1) is 0 Å². The summed E-state index contributed by atoms with van der Waals surface area (Å²) in [5.41, 5.74) is 1.19. The lowest BCUT2D eigenvalue weighted by Crippen LogP contribution is -2.22. The Labute approximate surface area is 130 Å². The van der Waals surface area contributed by atoms with Crippen molar-refractivity contribution in [3.05, 3.63) is 41.8 Å². The fourth-order valence-corrected chi connectivity index (χ4v) is 3.43. The van der Waals surface area contributed by atoms with Crippen LogP contribution in [0.5, 0.6) is 0 Å². The smallest absolute Gasteiger partial charge is 0.266 e. The van der Waals surface area contributed by atoms with E-state index in [9.17, 15) is 0 Å². The Kier molecular flexibility index (Phi) is 3.81. The van der Waals surface area contributed by atoms with E-state index in [-0.39, 0.29) is 12.0 Å². The van der Waals surface area contributed by atoms with Gasteiger partial charge in [0.05, 0.1) is 12.0 Å². The molecule has 0 saturated carbocycles. The highest BCUT2D eigenvalue weighted by atomic mass is 16.5. The van der Waals surface area contributed by atoms with Crippen molar-refractivity contribution in [1.29, 1.82) is 0 Å². The van der Waals surface area contributed by atoms with Gasteiger partial charge in [-0.15, -0.1) is 0 Å². The molecule has 2 saturated heterocycles. The molecule has 2 aliphatic heterocycles. The van der Waals surface area contributed by atoms with E-state index >= 15 is 0 Å². The molecule has 5 heteroatoms. The first kappa shape index (κ1) is 13.8. The molecular formula is C17H21N3O2. The number of hydrogen-bond acceptors (Lipinski definition) is 5. The van der Waals surface area contributed by atoms with Gasteiger partial charge in [-0.1, -0.05) is 30.3 Å². The summed E-state index contributed by atoms with van der Waals surface area (Å²) in [6, 6.07) is 10.3. The van der Waals surface area contributed by atoms with E-state index in [4.69, 9.17) is 9.26 Å². The molecule has 2 fully saturated rings. The summed E-state index contributed by atoms with van der Waals surface area (Å²) in [6.45, 7) is 2.85. The van der Waals surface area contributed by atoms with Gasteiger partial charge in [0.1, 0.15) is 0 Å². The van der Waals surface area contributed by atoms with E-state index < -0.39 is 0 Å². The van der Waals surface area contributed by atoms with Gasteiger partial charge in [-0.3, -0.25) is 0 Å². The molecule has 3 heterocycles. The molecule has 5 nitrogen and oxygen atoms in total. The Morgan fingerprint density at radius 1 is 1.05 bits per heavy atom. The Balaban J connectivity index is 1.59. The van der Waals surface area contributed by atoms with Crippen LogP contribution in [-0.2, 0) is 4.74 Å². The van der Waals surface area contributed by atoms with E-state index in [1.165, 1.54) is 18.4 Å². The van der Waals surface area contributed by atoms with Crippen molar-refractivity contribution >= 4 is 5.95 Å². The molecule has 4 rings (SSSR count). The first-order valence-electron chi connectivity index (χ1n) is 8.17. The summed E-state index contributed by atoms with van der Waals surface area (Å²) in [5.74, 6) is 1.61. The molecule has 0 aliphatic carbocycles. The number of hydrogen-bond donors (Lipinski definition) is 0. The van der Waals surface area contributed by atoms with Gasteiger partial charge < -0.3 is 14.2 Å². The van der Waals surface area contributed by atoms with Crippen molar-refractivity contribution in [1.82, 2.24) is 10.1 Å². The average molecular weight is 299 g/mol. The van der Waals surface area contributed by atoms with Gasteiger partial charge in [0.25, 0.3) is 5.95 Å². The summed E-state index contributed by atoms with van der Waals surface area (Å²) in [7, 11) is 0. The summed E-state index contributed by atoms with van der Waals surface area (Å²) >= 11 is 0. The van der Waals surface area contributed by atoms with Crippen molar-refractivity contribution in [2.24, 2.45) is 0 Å². The minimum Gasteiger partial charge on any atom is -0.373 e. The normalized spacial score (nSPS) is 25.5. The number of anilines is 1. The van der Waals surface area contributed by atoms with Crippen molar-refractivity contribution in [2.75, 3.05) is 24.6 Å². The highest BCUT2D eigenvalue weighted by Crippen LogP contribution is 2.40. The maximum atomic E-state index is 6.02. The third-order valence-corrected chi connectivity index (χ3v) is 4.59. The van der Waals surface area contributed by atoms with Crippen LogP contribution in [0.1, 0.15) is 49.2 Å². The molecule has 0 amide bonds. The van der Waals surface area contributed by atoms with Crippen molar-refractivity contribution in [3.8, 4) is 0 Å². The van der Waals surface area contributed by atoms with Crippen LogP contribution in [0.4, 0.5) is 5.95 Å². The molecule has 0 unspecified atom stereocenters. The standard InChI is InChI=1S/C17H21N3O2/c1-2-7-13(8-3-1)15-14(9-6-12-21-15)16-18-17(19-22-16)20-10-4-5-11-20/h1-3,7-8,14-15H,4-6,9-12H2/t14-,15+/m1/s1. The summed E-state index contributed by atoms with van der Waals surface area (Å²) in [5, 5.41) is 4.19. The monoisotopic (exact) mass is 299 g/mol. The predicted octanol–water partition coefficient (Wildman–Crippen LogP) is 3.31. The van der Waals surface area contributed by atoms with Crippen LogP contribution in [0.15, 0.2) is 34.9 Å². The maximum absolute atomic E-state index is 6.02. The van der Waals surface area contributed by atoms with Gasteiger partial charge in [-0.25, -0.2) is 0 Å². The molecule has 2 aliphatic rings. The maximum Gasteiger partial charge on any atom is 0.266 e. The lowest BCUT2D eigenvalue weighted by Gasteiger charge is -2.29. The summed E-state index contributed by atoms with van der Waals surface area (Å²) in [4.78, 5) is 6.86. The molecule has 2 atom stereocenters. The molecule has 22 heavy (non-hydrogen) atoms. The number of ether oxygens (including phenoxy) is 1. The molecule has 0 radical (unpaired) electrons. The Bertz CT molecular complexity index is 607. The van der Waals surface area contributed by atoms with Crippen LogP contribution in [0.3, 0.4) is 0 Å². The quantitative estimate of drug-likeness (QED) is 0.870. The fraction of sp³-hybridized carbons (Fsp3) is 0.529. The van der Waals surface area contributed by atoms with Crippen molar-refractivity contribution in [3.63, 3.8) is 0 Å². The molecule has 116 valence electrons. The van der Waals surface area contributed by atoms with Gasteiger partial charge in [0.2, 0.25) is 5.89 Å². The zero-order chi connectivity index (χ0) is 14.8. The van der Waals surface area contributed by atoms with E-state index in [1.807, 2.05) is 18.2 Å². The topological polar surface area (TPSA) is 51.4 Å². The first-order valence-corrected chi connectivity index (χ1v) is 8.17. The average Bonchev–Trinajstić information content (AvgIpc) is 3.27. The summed E-state index contributed by atoms with van der Waals surface area (Å²) < 4.78 is 11.6. The van der Waals surface area contributed by atoms with Crippen LogP contribution in [-0.4, -0.2) is 29.8 Å². The fourth-order valence-electron chi connectivity index (χ4n) is 3.43. The molecule has 0 bridgehead atoms. The predicted molar refractivity (Wildman–Crippen MR) is 82.9 cm³/mol. The second kappa shape index (κ2) is 6.08. The van der Waals surface area contributed by atoms with Gasteiger partial charge in [0.15, 0.2) is 0 Å². The second-order valence-corrected chi connectivity index (χ2v) is 6.08. The van der Waals surface area contributed by atoms with E-state index in [2.05, 4.69) is 27.2 Å². The van der Waals surface area contributed by atoms with Crippen LogP contribution < -0.4 is 4.90 Å². The zero-order valence-electron chi connectivity index (χ0n) is 12.6.